The lowest BCUT2D eigenvalue weighted by Gasteiger charge is -2.12. The molecular formula is C24H22ClN3O. The number of hydrogen-bond acceptors (Lipinski definition) is 3. The molecular weight excluding hydrogens is 382 g/mol. The quantitative estimate of drug-likeness (QED) is 0.465. The van der Waals surface area contributed by atoms with E-state index in [0.717, 1.165) is 22.2 Å². The zero-order valence-electron chi connectivity index (χ0n) is 15.8. The van der Waals surface area contributed by atoms with Crippen molar-refractivity contribution < 1.29 is 4.79 Å². The molecule has 0 bridgehead atoms. The van der Waals surface area contributed by atoms with Gasteiger partial charge in [0.15, 0.2) is 0 Å². The van der Waals surface area contributed by atoms with Gasteiger partial charge in [-0.05, 0) is 23.3 Å². The van der Waals surface area contributed by atoms with E-state index in [-0.39, 0.29) is 18.3 Å². The Morgan fingerprint density at radius 1 is 0.759 bits per heavy atom. The van der Waals surface area contributed by atoms with Gasteiger partial charge in [-0.25, -0.2) is 4.98 Å². The summed E-state index contributed by atoms with van der Waals surface area (Å²) in [6.45, 7) is 1.15. The van der Waals surface area contributed by atoms with Crippen molar-refractivity contribution in [3.63, 3.8) is 0 Å². The number of pyridine rings is 1. The molecule has 2 N–H and O–H groups in total. The lowest BCUT2D eigenvalue weighted by molar-refractivity contribution is 0.0946. The number of aromatic nitrogens is 1. The Kier molecular flexibility index (Phi) is 6.82. The molecule has 0 saturated carbocycles. The number of hydrogen-bond donors (Lipinski definition) is 2. The molecule has 1 heterocycles. The number of para-hydroxylation sites is 1. The van der Waals surface area contributed by atoms with Crippen LogP contribution in [0.2, 0.25) is 0 Å². The molecule has 0 radical (unpaired) electrons. The van der Waals surface area contributed by atoms with Gasteiger partial charge in [0.1, 0.15) is 5.69 Å². The smallest absolute Gasteiger partial charge is 0.270 e. The van der Waals surface area contributed by atoms with Gasteiger partial charge in [0.25, 0.3) is 5.91 Å². The predicted octanol–water partition coefficient (Wildman–Crippen LogP) is 5.20. The molecule has 1 amide bonds. The van der Waals surface area contributed by atoms with E-state index in [2.05, 4.69) is 27.8 Å². The average Bonchev–Trinajstić information content (AvgIpc) is 2.77. The molecule has 4 nitrogen and oxygen atoms in total. The third-order valence-electron chi connectivity index (χ3n) is 4.57. The number of benzene rings is 3. The van der Waals surface area contributed by atoms with Crippen molar-refractivity contribution in [2.24, 2.45) is 0 Å². The molecule has 0 fully saturated rings. The molecule has 29 heavy (non-hydrogen) atoms. The second kappa shape index (κ2) is 9.71. The largest absolute Gasteiger partial charge is 0.380 e. The summed E-state index contributed by atoms with van der Waals surface area (Å²) in [5, 5.41) is 7.40. The van der Waals surface area contributed by atoms with Crippen LogP contribution in [-0.2, 0) is 13.1 Å². The van der Waals surface area contributed by atoms with E-state index in [1.807, 2.05) is 78.9 Å². The van der Waals surface area contributed by atoms with Gasteiger partial charge in [-0.2, -0.15) is 0 Å². The first-order valence-corrected chi connectivity index (χ1v) is 9.29. The first-order chi connectivity index (χ1) is 13.8. The first kappa shape index (κ1) is 20.4. The van der Waals surface area contributed by atoms with Gasteiger partial charge in [-0.15, -0.1) is 12.4 Å². The maximum atomic E-state index is 12.7. The molecule has 1 aromatic heterocycles. The Labute approximate surface area is 176 Å². The van der Waals surface area contributed by atoms with Gasteiger partial charge >= 0.3 is 0 Å². The number of fused-ring (bicyclic) bond motifs is 1. The molecule has 0 aliphatic heterocycles. The van der Waals surface area contributed by atoms with E-state index in [1.54, 1.807) is 0 Å². The minimum atomic E-state index is -0.183. The third-order valence-corrected chi connectivity index (χ3v) is 4.57. The topological polar surface area (TPSA) is 54.0 Å². The summed E-state index contributed by atoms with van der Waals surface area (Å²) >= 11 is 0. The van der Waals surface area contributed by atoms with Gasteiger partial charge in [-0.1, -0.05) is 78.9 Å². The van der Waals surface area contributed by atoms with Crippen LogP contribution in [-0.4, -0.2) is 10.9 Å². The highest BCUT2D eigenvalue weighted by atomic mass is 35.5. The van der Waals surface area contributed by atoms with Crippen LogP contribution in [0, 0.1) is 0 Å². The van der Waals surface area contributed by atoms with Crippen LogP contribution in [0.3, 0.4) is 0 Å². The lowest BCUT2D eigenvalue weighted by atomic mass is 10.1. The van der Waals surface area contributed by atoms with Crippen LogP contribution in [0.4, 0.5) is 5.69 Å². The Bertz CT molecular complexity index is 1080. The number of nitrogens with zero attached hydrogens (tertiary/aromatic N) is 1. The number of rotatable bonds is 6. The molecule has 4 rings (SSSR count). The number of carbonyl (C=O) groups excluding carboxylic acids is 1. The van der Waals surface area contributed by atoms with E-state index >= 15 is 0 Å². The highest BCUT2D eigenvalue weighted by Crippen LogP contribution is 2.24. The SMILES string of the molecule is Cl.O=C(NCc1ccccc1)c1cc(NCc2ccccc2)c2ccccc2n1. The zero-order valence-corrected chi connectivity index (χ0v) is 16.7. The molecule has 4 aromatic rings. The zero-order chi connectivity index (χ0) is 19.2. The van der Waals surface area contributed by atoms with Crippen molar-refractivity contribution in [2.75, 3.05) is 5.32 Å². The van der Waals surface area contributed by atoms with Gasteiger partial charge in [-0.3, -0.25) is 4.79 Å². The van der Waals surface area contributed by atoms with Crippen LogP contribution in [0.25, 0.3) is 10.9 Å². The Morgan fingerprint density at radius 2 is 1.34 bits per heavy atom. The summed E-state index contributed by atoms with van der Waals surface area (Å²) < 4.78 is 0. The molecule has 3 aromatic carbocycles. The normalized spacial score (nSPS) is 10.2. The van der Waals surface area contributed by atoms with Crippen molar-refractivity contribution in [1.29, 1.82) is 0 Å². The molecule has 0 unspecified atom stereocenters. The summed E-state index contributed by atoms with van der Waals surface area (Å²) in [6, 6.07) is 29.7. The summed E-state index contributed by atoms with van der Waals surface area (Å²) in [4.78, 5) is 17.2. The number of amides is 1. The highest BCUT2D eigenvalue weighted by Gasteiger charge is 2.12. The van der Waals surface area contributed by atoms with Gasteiger partial charge in [0.05, 0.1) is 5.52 Å². The lowest BCUT2D eigenvalue weighted by Crippen LogP contribution is -2.24. The number of anilines is 1. The fraction of sp³-hybridized carbons (Fsp3) is 0.0833. The summed E-state index contributed by atoms with van der Waals surface area (Å²) in [5.74, 6) is -0.183. The van der Waals surface area contributed by atoms with Crippen molar-refractivity contribution in [2.45, 2.75) is 13.1 Å². The number of nitrogens with one attached hydrogen (secondary N) is 2. The van der Waals surface area contributed by atoms with Crippen LogP contribution in [0.1, 0.15) is 21.6 Å². The monoisotopic (exact) mass is 403 g/mol. The minimum Gasteiger partial charge on any atom is -0.380 e. The molecule has 0 atom stereocenters. The van der Waals surface area contributed by atoms with Gasteiger partial charge < -0.3 is 10.6 Å². The minimum absolute atomic E-state index is 0. The highest BCUT2D eigenvalue weighted by molar-refractivity contribution is 5.99. The molecule has 0 spiro atoms. The Hall–Kier alpha value is -3.37. The number of carbonyl (C=O) groups is 1. The van der Waals surface area contributed by atoms with E-state index in [4.69, 9.17) is 0 Å². The van der Waals surface area contributed by atoms with Crippen molar-refractivity contribution in [1.82, 2.24) is 10.3 Å². The average molecular weight is 404 g/mol. The maximum Gasteiger partial charge on any atom is 0.270 e. The fourth-order valence-electron chi connectivity index (χ4n) is 3.10. The molecule has 0 aliphatic rings. The van der Waals surface area contributed by atoms with Crippen LogP contribution in [0.15, 0.2) is 91.0 Å². The molecule has 0 aliphatic carbocycles. The van der Waals surface area contributed by atoms with E-state index in [0.29, 0.717) is 18.8 Å². The predicted molar refractivity (Wildman–Crippen MR) is 120 cm³/mol. The van der Waals surface area contributed by atoms with Gasteiger partial charge in [0.2, 0.25) is 0 Å². The number of halogens is 1. The molecule has 146 valence electrons. The van der Waals surface area contributed by atoms with Crippen molar-refractivity contribution in [3.8, 4) is 0 Å². The van der Waals surface area contributed by atoms with Crippen molar-refractivity contribution in [3.05, 3.63) is 108 Å². The van der Waals surface area contributed by atoms with Crippen LogP contribution in [0.5, 0.6) is 0 Å². The van der Waals surface area contributed by atoms with E-state index < -0.39 is 0 Å². The van der Waals surface area contributed by atoms with Crippen LogP contribution < -0.4 is 10.6 Å². The summed E-state index contributed by atoms with van der Waals surface area (Å²) in [7, 11) is 0. The Balaban J connectivity index is 0.00000240. The van der Waals surface area contributed by atoms with Gasteiger partial charge in [0, 0.05) is 24.2 Å². The molecule has 5 heteroatoms. The first-order valence-electron chi connectivity index (χ1n) is 9.29. The molecule has 0 saturated heterocycles. The van der Waals surface area contributed by atoms with Crippen molar-refractivity contribution >= 4 is 34.9 Å². The second-order valence-electron chi connectivity index (χ2n) is 6.58. The maximum absolute atomic E-state index is 12.7. The van der Waals surface area contributed by atoms with E-state index in [1.165, 1.54) is 5.56 Å². The summed E-state index contributed by atoms with van der Waals surface area (Å²) in [5.41, 5.74) is 4.34. The Morgan fingerprint density at radius 3 is 2.03 bits per heavy atom. The third kappa shape index (κ3) is 5.12. The van der Waals surface area contributed by atoms with E-state index in [9.17, 15) is 4.79 Å². The second-order valence-corrected chi connectivity index (χ2v) is 6.58. The van der Waals surface area contributed by atoms with Crippen LogP contribution >= 0.6 is 12.4 Å². The summed E-state index contributed by atoms with van der Waals surface area (Å²) in [6.07, 6.45) is 0. The fourth-order valence-corrected chi connectivity index (χ4v) is 3.10. The standard InChI is InChI=1S/C24H21N3O.ClH/c28-24(26-17-19-11-5-2-6-12-19)23-15-22(20-13-7-8-14-21(20)27-23)25-16-18-9-3-1-4-10-18;/h1-15H,16-17H2,(H,25,27)(H,26,28);1H.